The predicted molar refractivity (Wildman–Crippen MR) is 109 cm³/mol. The molecule has 0 spiro atoms. The first kappa shape index (κ1) is 64.1. The molecule has 22 heavy (non-hydrogen) atoms. The summed E-state index contributed by atoms with van der Waals surface area (Å²) in [5.41, 5.74) is 0. The van der Waals surface area contributed by atoms with E-state index in [1.54, 1.807) is 0 Å². The molecular weight excluding hydrogens is 624 g/mol. The molecule has 0 saturated carbocycles. The molecule has 0 bridgehead atoms. The molecule has 0 saturated heterocycles. The number of hydrogen-bond donors (Lipinski definition) is 0. The largest absolute Gasteiger partial charge is 0.426 e. The van der Waals surface area contributed by atoms with Crippen LogP contribution in [0.4, 0.5) is 19.2 Å². The molecule has 0 rings (SSSR count). The van der Waals surface area contributed by atoms with Gasteiger partial charge in [0.1, 0.15) is 0 Å². The molecule has 0 heterocycles. The maximum atomic E-state index is 10.7. The van der Waals surface area contributed by atoms with Gasteiger partial charge in [0.05, 0.1) is 0 Å². The molecular formula is C4H8Cl12CoO4Si. The summed E-state index contributed by atoms with van der Waals surface area (Å²) >= 11 is 19.6. The van der Waals surface area contributed by atoms with E-state index in [0.717, 1.165) is 0 Å². The molecule has 0 fully saturated rings. The topological polar surface area (TPSA) is 68.3 Å². The second-order valence-electron chi connectivity index (χ2n) is 1.84. The van der Waals surface area contributed by atoms with Gasteiger partial charge in [-0.3, -0.25) is 19.2 Å². The van der Waals surface area contributed by atoms with Crippen LogP contribution in [-0.4, -0.2) is 27.5 Å². The maximum Gasteiger partial charge on any atom is 0.426 e. The molecule has 0 aliphatic carbocycles. The second-order valence-corrected chi connectivity index (χ2v) is 7.80. The van der Waals surface area contributed by atoms with Crippen LogP contribution in [0.1, 0.15) is 0 Å². The zero-order valence-corrected chi connectivity index (χ0v) is 20.8. The molecule has 0 aliphatic rings. The zero-order chi connectivity index (χ0) is 10.8. The summed E-state index contributed by atoms with van der Waals surface area (Å²) in [6.07, 6.45) is 0. The molecule has 18 heteroatoms. The Morgan fingerprint density at radius 1 is 0.455 bits per heavy atom. The van der Waals surface area contributed by atoms with E-state index in [1.165, 1.54) is 0 Å². The zero-order valence-electron chi connectivity index (χ0n) is 9.24. The fraction of sp³-hybridized carbons (Fsp3) is 0. The van der Waals surface area contributed by atoms with Crippen LogP contribution in [0.3, 0.4) is 0 Å². The summed E-state index contributed by atoms with van der Waals surface area (Å²) in [5, 5.41) is 0. The van der Waals surface area contributed by atoms with Crippen LogP contribution in [-0.2, 0) is 16.8 Å². The molecule has 145 valence electrons. The van der Waals surface area contributed by atoms with Crippen molar-refractivity contribution in [2.45, 2.75) is 0 Å². The van der Waals surface area contributed by atoms with Crippen molar-refractivity contribution in [3.05, 3.63) is 0 Å². The summed E-state index contributed by atoms with van der Waals surface area (Å²) in [5.74, 6) is 0. The molecule has 0 unspecified atom stereocenters. The van der Waals surface area contributed by atoms with Gasteiger partial charge in [-0.05, 0) is 46.4 Å². The van der Waals surface area contributed by atoms with Gasteiger partial charge < -0.3 is 0 Å². The molecule has 1 radical (unpaired) electrons. The average molecular weight is 633 g/mol. The molecule has 4 nitrogen and oxygen atoms in total. The number of rotatable bonds is 4. The van der Waals surface area contributed by atoms with Gasteiger partial charge in [0.25, 0.3) is 0 Å². The van der Waals surface area contributed by atoms with E-state index in [9.17, 15) is 19.2 Å². The van der Waals surface area contributed by atoms with Gasteiger partial charge in [-0.25, -0.2) is 0 Å². The van der Waals surface area contributed by atoms with Gasteiger partial charge in [-0.1, -0.05) is 0 Å². The minimum Gasteiger partial charge on any atom is -0.286 e. The standard InChI is InChI=1S/C4Cl4O4Si.8ClH.Co/c5-1(9)13(2(6)10,3(7)11)4(8)12;;;;;;;;;/h;8*1H;. The van der Waals surface area contributed by atoms with Crippen molar-refractivity contribution in [1.82, 2.24) is 0 Å². The number of hydrogen-bond acceptors (Lipinski definition) is 4. The Morgan fingerprint density at radius 2 is 0.545 bits per heavy atom. The monoisotopic (exact) mass is 627 g/mol. The van der Waals surface area contributed by atoms with Crippen LogP contribution >= 0.6 is 146 Å². The molecule has 0 N–H and O–H groups in total. The summed E-state index contributed by atoms with van der Waals surface area (Å²) in [4.78, 5) is 36.8. The first-order valence-electron chi connectivity index (χ1n) is 2.57. The Hall–Kier alpha value is 2.88. The van der Waals surface area contributed by atoms with Crippen LogP contribution in [0.2, 0.25) is 0 Å². The first-order valence-corrected chi connectivity index (χ1v) is 6.08. The molecule has 0 aliphatic heterocycles. The molecule has 0 atom stereocenters. The first-order chi connectivity index (χ1) is 5.77. The van der Waals surface area contributed by atoms with Gasteiger partial charge in [-0.2, -0.15) is 0 Å². The van der Waals surface area contributed by atoms with E-state index in [2.05, 4.69) is 0 Å². The van der Waals surface area contributed by atoms with Crippen molar-refractivity contribution in [3.63, 3.8) is 0 Å². The Bertz CT molecular complexity index is 254. The Labute approximate surface area is 207 Å². The molecule has 0 aromatic carbocycles. The van der Waals surface area contributed by atoms with Crippen molar-refractivity contribution in [2.24, 2.45) is 0 Å². The Morgan fingerprint density at radius 3 is 0.545 bits per heavy atom. The van der Waals surface area contributed by atoms with Crippen molar-refractivity contribution in [1.29, 1.82) is 0 Å². The average Bonchev–Trinajstić information content (AvgIpc) is 1.82. The fourth-order valence-electron chi connectivity index (χ4n) is 0.464. The van der Waals surface area contributed by atoms with E-state index in [0.29, 0.717) is 0 Å². The smallest absolute Gasteiger partial charge is 0.286 e. The normalized spacial score (nSPS) is 6.36. The van der Waals surface area contributed by atoms with Gasteiger partial charge in [-0.15, -0.1) is 99.3 Å². The van der Waals surface area contributed by atoms with Crippen LogP contribution in [0.25, 0.3) is 0 Å². The van der Waals surface area contributed by atoms with Gasteiger partial charge in [0, 0.05) is 16.8 Å². The van der Waals surface area contributed by atoms with Crippen molar-refractivity contribution in [2.75, 3.05) is 0 Å². The van der Waals surface area contributed by atoms with Crippen LogP contribution < -0.4 is 0 Å². The third kappa shape index (κ3) is 15.2. The van der Waals surface area contributed by atoms with Crippen LogP contribution in [0.5, 0.6) is 0 Å². The van der Waals surface area contributed by atoms with E-state index in [1.807, 2.05) is 0 Å². The van der Waals surface area contributed by atoms with E-state index >= 15 is 0 Å². The molecule has 0 amide bonds. The molecule has 0 aromatic rings. The number of carbonyl (C=O) groups is 4. The predicted octanol–water partition coefficient (Wildman–Crippen LogP) is 6.57. The van der Waals surface area contributed by atoms with Gasteiger partial charge in [0.15, 0.2) is 0 Å². The SMILES string of the molecule is Cl.Cl.Cl.Cl.Cl.Cl.Cl.Cl.O=C(Cl)[Si](C(=O)Cl)(C(=O)Cl)C(=O)Cl.[Co]. The van der Waals surface area contributed by atoms with E-state index in [4.69, 9.17) is 46.4 Å². The number of carbonyl (C=O) groups excluding carboxylic acids is 4. The third-order valence-corrected chi connectivity index (χ3v) is 6.94. The summed E-state index contributed by atoms with van der Waals surface area (Å²) in [6.45, 7) is 0. The van der Waals surface area contributed by atoms with Crippen molar-refractivity contribution < 1.29 is 36.0 Å². The Balaban J connectivity index is -0.0000000200. The fourth-order valence-corrected chi connectivity index (χ4v) is 5.35. The minimum absolute atomic E-state index is 0. The Kier molecular flexibility index (Phi) is 83.5. The minimum atomic E-state index is -4.60. The summed E-state index contributed by atoms with van der Waals surface area (Å²) < 4.78 is 0. The van der Waals surface area contributed by atoms with Gasteiger partial charge in [0.2, 0.25) is 19.5 Å². The van der Waals surface area contributed by atoms with E-state index < -0.39 is 27.5 Å². The van der Waals surface area contributed by atoms with Gasteiger partial charge >= 0.3 is 8.07 Å². The second kappa shape index (κ2) is 28.7. The van der Waals surface area contributed by atoms with Crippen molar-refractivity contribution in [3.8, 4) is 0 Å². The summed E-state index contributed by atoms with van der Waals surface area (Å²) in [6, 6.07) is 0. The van der Waals surface area contributed by atoms with Crippen LogP contribution in [0, 0.1) is 0 Å². The third-order valence-electron chi connectivity index (χ3n) is 1.18. The quantitative estimate of drug-likeness (QED) is 0.260. The molecule has 0 aromatic heterocycles. The van der Waals surface area contributed by atoms with E-state index in [-0.39, 0.29) is 116 Å². The van der Waals surface area contributed by atoms with Crippen molar-refractivity contribution >= 4 is 173 Å². The van der Waals surface area contributed by atoms with Crippen LogP contribution in [0.15, 0.2) is 0 Å². The number of halogens is 12. The maximum absolute atomic E-state index is 10.7. The summed E-state index contributed by atoms with van der Waals surface area (Å²) in [7, 11) is -4.60.